The minimum Gasteiger partial charge on any atom is -0.344 e. The molecule has 5 nitrogen and oxygen atoms in total. The predicted octanol–water partition coefficient (Wildman–Crippen LogP) is 2.67. The van der Waals surface area contributed by atoms with Crippen molar-refractivity contribution in [3.8, 4) is 0 Å². The first-order valence-corrected chi connectivity index (χ1v) is 7.55. The zero-order chi connectivity index (χ0) is 17.4. The fraction of sp³-hybridized carbons (Fsp3) is 0.176. The summed E-state index contributed by atoms with van der Waals surface area (Å²) in [5.41, 5.74) is 3.90. The fourth-order valence-electron chi connectivity index (χ4n) is 1.91. The quantitative estimate of drug-likeness (QED) is 0.621. The van der Waals surface area contributed by atoms with Gasteiger partial charge in [0, 0.05) is 17.1 Å². The first-order valence-electron chi connectivity index (χ1n) is 7.17. The van der Waals surface area contributed by atoms with Crippen molar-refractivity contribution in [3.05, 3.63) is 70.2 Å². The van der Waals surface area contributed by atoms with Crippen molar-refractivity contribution in [1.29, 1.82) is 0 Å². The Balaban J connectivity index is 1.76. The summed E-state index contributed by atoms with van der Waals surface area (Å²) in [7, 11) is 0. The minimum atomic E-state index is -0.911. The van der Waals surface area contributed by atoms with Crippen molar-refractivity contribution in [2.45, 2.75) is 19.8 Å². The normalized spacial score (nSPS) is 10.2. The summed E-state index contributed by atoms with van der Waals surface area (Å²) >= 11 is 5.81. The lowest BCUT2D eigenvalue weighted by Crippen LogP contribution is -2.39. The van der Waals surface area contributed by atoms with Crippen molar-refractivity contribution in [2.24, 2.45) is 0 Å². The van der Waals surface area contributed by atoms with E-state index >= 15 is 0 Å². The molecule has 7 heteroatoms. The molecule has 0 unspecified atom stereocenters. The van der Waals surface area contributed by atoms with Crippen LogP contribution in [0.15, 0.2) is 48.5 Å². The van der Waals surface area contributed by atoms with Crippen molar-refractivity contribution in [1.82, 2.24) is 10.8 Å². The predicted molar refractivity (Wildman–Crippen MR) is 87.5 cm³/mol. The van der Waals surface area contributed by atoms with Crippen molar-refractivity contribution in [2.75, 3.05) is 0 Å². The molecule has 0 aliphatic heterocycles. The first kappa shape index (κ1) is 17.9. The van der Waals surface area contributed by atoms with Crippen LogP contribution >= 0.6 is 11.6 Å². The molecule has 0 aliphatic carbocycles. The molecule has 0 spiro atoms. The molecule has 2 aromatic carbocycles. The van der Waals surface area contributed by atoms with Crippen LogP contribution in [-0.2, 0) is 34.3 Å². The van der Waals surface area contributed by atoms with E-state index < -0.39 is 18.5 Å². The lowest BCUT2D eigenvalue weighted by molar-refractivity contribution is -0.147. The summed E-state index contributed by atoms with van der Waals surface area (Å²) in [5, 5.41) is 2.74. The van der Waals surface area contributed by atoms with Gasteiger partial charge in [-0.3, -0.25) is 14.4 Å². The monoisotopic (exact) mass is 350 g/mol. The molecule has 0 atom stereocenters. The molecule has 2 N–H and O–H groups in total. The van der Waals surface area contributed by atoms with Gasteiger partial charge in [-0.25, -0.2) is 9.87 Å². The lowest BCUT2D eigenvalue weighted by Gasteiger charge is -2.08. The number of alkyl halides is 1. The van der Waals surface area contributed by atoms with Crippen LogP contribution in [0.4, 0.5) is 4.39 Å². The van der Waals surface area contributed by atoms with E-state index in [1.165, 1.54) is 6.07 Å². The number of hydroxylamine groups is 1. The van der Waals surface area contributed by atoms with E-state index in [1.807, 2.05) is 30.3 Å². The number of carbonyl (C=O) groups excluding carboxylic acids is 2. The summed E-state index contributed by atoms with van der Waals surface area (Å²) in [6.45, 7) is -0.472. The second-order valence-electron chi connectivity index (χ2n) is 4.95. The number of nitrogens with one attached hydrogen (secondary N) is 2. The number of amides is 2. The van der Waals surface area contributed by atoms with Crippen LogP contribution in [0.1, 0.15) is 16.7 Å². The van der Waals surface area contributed by atoms with Crippen LogP contribution in [-0.4, -0.2) is 11.8 Å². The van der Waals surface area contributed by atoms with Gasteiger partial charge in [0.2, 0.25) is 0 Å². The smallest absolute Gasteiger partial charge is 0.332 e. The van der Waals surface area contributed by atoms with Gasteiger partial charge in [-0.1, -0.05) is 48.0 Å². The number of hydrogen-bond acceptors (Lipinski definition) is 3. The molecule has 2 amide bonds. The summed E-state index contributed by atoms with van der Waals surface area (Å²) < 4.78 is 12.7. The van der Waals surface area contributed by atoms with E-state index in [2.05, 4.69) is 10.8 Å². The van der Waals surface area contributed by atoms with E-state index in [4.69, 9.17) is 16.4 Å². The van der Waals surface area contributed by atoms with Gasteiger partial charge in [-0.05, 0) is 23.3 Å². The third-order valence-corrected chi connectivity index (χ3v) is 3.53. The molecule has 0 aromatic heterocycles. The van der Waals surface area contributed by atoms with Crippen molar-refractivity contribution < 1.29 is 18.8 Å². The summed E-state index contributed by atoms with van der Waals surface area (Å²) in [4.78, 5) is 28.3. The van der Waals surface area contributed by atoms with Crippen LogP contribution in [0.5, 0.6) is 0 Å². The molecule has 0 saturated heterocycles. The van der Waals surface area contributed by atoms with Crippen LogP contribution < -0.4 is 10.8 Å². The van der Waals surface area contributed by atoms with Crippen molar-refractivity contribution in [3.63, 3.8) is 0 Å². The maximum Gasteiger partial charge on any atom is 0.332 e. The second kappa shape index (κ2) is 9.00. The average molecular weight is 351 g/mol. The van der Waals surface area contributed by atoms with E-state index in [0.29, 0.717) is 16.1 Å². The van der Waals surface area contributed by atoms with E-state index in [1.54, 1.807) is 12.1 Å². The van der Waals surface area contributed by atoms with Crippen LogP contribution in [0.3, 0.4) is 0 Å². The second-order valence-corrected chi connectivity index (χ2v) is 5.35. The molecular weight excluding hydrogens is 335 g/mol. The van der Waals surface area contributed by atoms with Crippen LogP contribution in [0.25, 0.3) is 0 Å². The first-order chi connectivity index (χ1) is 11.6. The maximum atomic E-state index is 12.7. The zero-order valence-corrected chi connectivity index (χ0v) is 13.5. The van der Waals surface area contributed by atoms with Gasteiger partial charge in [0.1, 0.15) is 6.67 Å². The Morgan fingerprint density at radius 1 is 1.04 bits per heavy atom. The van der Waals surface area contributed by atoms with Gasteiger partial charge in [0.25, 0.3) is 0 Å². The topological polar surface area (TPSA) is 67.4 Å². The highest BCUT2D eigenvalue weighted by Gasteiger charge is 2.13. The molecule has 0 aliphatic rings. The molecule has 0 bridgehead atoms. The Bertz CT molecular complexity index is 710. The van der Waals surface area contributed by atoms with Gasteiger partial charge in [-0.2, -0.15) is 0 Å². The Kier molecular flexibility index (Phi) is 6.72. The van der Waals surface area contributed by atoms with Crippen LogP contribution in [0.2, 0.25) is 5.02 Å². The van der Waals surface area contributed by atoms with Crippen molar-refractivity contribution >= 4 is 23.4 Å². The Morgan fingerprint density at radius 2 is 1.79 bits per heavy atom. The third-order valence-electron chi connectivity index (χ3n) is 3.16. The molecule has 126 valence electrons. The highest BCUT2D eigenvalue weighted by Crippen LogP contribution is 2.18. The van der Waals surface area contributed by atoms with Gasteiger partial charge in [-0.15, -0.1) is 0 Å². The molecule has 2 rings (SSSR count). The number of benzene rings is 2. The van der Waals surface area contributed by atoms with E-state index in [-0.39, 0.29) is 13.2 Å². The molecule has 0 fully saturated rings. The summed E-state index contributed by atoms with van der Waals surface area (Å²) in [5.74, 6) is -1.76. The maximum absolute atomic E-state index is 12.7. The number of rotatable bonds is 6. The standard InChI is InChI=1S/C17H16ClFN2O3/c18-15-7-6-13(8-14(15)9-19)10-20-16(22)17(23)21-24-11-12-4-2-1-3-5-12/h1-8H,9-11H2,(H,20,22)(H,21,23). The molecule has 24 heavy (non-hydrogen) atoms. The largest absolute Gasteiger partial charge is 0.344 e. The lowest BCUT2D eigenvalue weighted by atomic mass is 10.1. The SMILES string of the molecule is O=C(NCc1ccc(Cl)c(CF)c1)C(=O)NOCc1ccccc1. The average Bonchev–Trinajstić information content (AvgIpc) is 2.61. The molecule has 0 heterocycles. The summed E-state index contributed by atoms with van der Waals surface area (Å²) in [6.07, 6.45) is 0. The van der Waals surface area contributed by atoms with E-state index in [9.17, 15) is 14.0 Å². The third kappa shape index (κ3) is 5.33. The number of hydrogen-bond donors (Lipinski definition) is 2. The highest BCUT2D eigenvalue weighted by molar-refractivity contribution is 6.34. The fourth-order valence-corrected chi connectivity index (χ4v) is 2.08. The number of carbonyl (C=O) groups is 2. The molecule has 0 saturated carbocycles. The highest BCUT2D eigenvalue weighted by atomic mass is 35.5. The molecule has 0 radical (unpaired) electrons. The van der Waals surface area contributed by atoms with Gasteiger partial charge >= 0.3 is 11.8 Å². The zero-order valence-electron chi connectivity index (χ0n) is 12.7. The van der Waals surface area contributed by atoms with Crippen LogP contribution in [0, 0.1) is 0 Å². The van der Waals surface area contributed by atoms with Gasteiger partial charge in [0.15, 0.2) is 0 Å². The molecule has 2 aromatic rings. The Labute approximate surface area is 143 Å². The Hall–Kier alpha value is -2.44. The van der Waals surface area contributed by atoms with E-state index in [0.717, 1.165) is 5.56 Å². The minimum absolute atomic E-state index is 0.0785. The van der Waals surface area contributed by atoms with Gasteiger partial charge < -0.3 is 5.32 Å². The molecular formula is C17H16ClFN2O3. The Morgan fingerprint density at radius 3 is 2.50 bits per heavy atom. The van der Waals surface area contributed by atoms with Gasteiger partial charge in [0.05, 0.1) is 6.61 Å². The summed E-state index contributed by atoms with van der Waals surface area (Å²) in [6, 6.07) is 13.9. The number of halogens is 2.